The van der Waals surface area contributed by atoms with Gasteiger partial charge in [0, 0.05) is 18.4 Å². The lowest BCUT2D eigenvalue weighted by Gasteiger charge is -2.28. The van der Waals surface area contributed by atoms with Gasteiger partial charge in [0.15, 0.2) is 5.78 Å². The fourth-order valence-corrected chi connectivity index (χ4v) is 4.40. The summed E-state index contributed by atoms with van der Waals surface area (Å²) in [6.45, 7) is 3.31. The third-order valence-electron chi connectivity index (χ3n) is 6.98. The van der Waals surface area contributed by atoms with Crippen LogP contribution in [0.3, 0.4) is 0 Å². The number of Topliss-reactive ketones (excluding diaryl/α,β-unsaturated/α-hetero) is 1. The van der Waals surface area contributed by atoms with E-state index < -0.39 is 23.5 Å². The average molecular weight is 494 g/mol. The molecule has 8 nitrogen and oxygen atoms in total. The van der Waals surface area contributed by atoms with Crippen molar-refractivity contribution in [3.63, 3.8) is 0 Å². The smallest absolute Gasteiger partial charge is 0.243 e. The lowest BCUT2D eigenvalue weighted by Crippen LogP contribution is -2.58. The number of hydrogen-bond acceptors (Lipinski definition) is 6. The zero-order valence-corrected chi connectivity index (χ0v) is 20.9. The van der Waals surface area contributed by atoms with Gasteiger partial charge in [-0.05, 0) is 42.5 Å². The molecule has 0 aromatic heterocycles. The van der Waals surface area contributed by atoms with Gasteiger partial charge in [-0.15, -0.1) is 0 Å². The summed E-state index contributed by atoms with van der Waals surface area (Å²) in [7, 11) is 1.59. The number of carbonyl (C=O) groups is 3. The summed E-state index contributed by atoms with van der Waals surface area (Å²) in [6, 6.07) is 15.0. The van der Waals surface area contributed by atoms with Gasteiger partial charge in [-0.2, -0.15) is 0 Å². The Balaban J connectivity index is 1.52. The van der Waals surface area contributed by atoms with Crippen LogP contribution in [-0.4, -0.2) is 62.6 Å². The van der Waals surface area contributed by atoms with Crippen molar-refractivity contribution >= 4 is 17.6 Å². The van der Waals surface area contributed by atoms with Crippen molar-refractivity contribution in [1.29, 1.82) is 0 Å². The lowest BCUT2D eigenvalue weighted by molar-refractivity contribution is -0.134. The molecule has 2 aromatic rings. The maximum atomic E-state index is 13.6. The second-order valence-corrected chi connectivity index (χ2v) is 9.87. The first kappa shape index (κ1) is 25.9. The van der Waals surface area contributed by atoms with Crippen LogP contribution in [0.15, 0.2) is 54.6 Å². The highest BCUT2D eigenvalue weighted by Gasteiger charge is 2.48. The Morgan fingerprint density at radius 1 is 1.00 bits per heavy atom. The van der Waals surface area contributed by atoms with Crippen molar-refractivity contribution in [2.24, 2.45) is 5.41 Å². The van der Waals surface area contributed by atoms with Crippen LogP contribution in [0.5, 0.6) is 5.75 Å². The summed E-state index contributed by atoms with van der Waals surface area (Å²) >= 11 is 0. The van der Waals surface area contributed by atoms with Crippen molar-refractivity contribution in [1.82, 2.24) is 16.0 Å². The quantitative estimate of drug-likeness (QED) is 0.441. The average Bonchev–Trinajstić information content (AvgIpc) is 3.67. The number of ketones is 1. The van der Waals surface area contributed by atoms with E-state index in [0.717, 1.165) is 24.0 Å². The molecule has 1 heterocycles. The second kappa shape index (κ2) is 11.7. The minimum Gasteiger partial charge on any atom is -0.497 e. The first-order valence-electron chi connectivity index (χ1n) is 12.5. The van der Waals surface area contributed by atoms with Crippen LogP contribution >= 0.6 is 0 Å². The summed E-state index contributed by atoms with van der Waals surface area (Å²) in [5, 5.41) is 9.00. The van der Waals surface area contributed by atoms with Gasteiger partial charge in [0.2, 0.25) is 11.8 Å². The number of methoxy groups -OCH3 is 1. The van der Waals surface area contributed by atoms with Crippen molar-refractivity contribution in [2.75, 3.05) is 26.9 Å². The molecule has 192 valence electrons. The topological polar surface area (TPSA) is 106 Å². The number of ether oxygens (including phenoxy) is 2. The van der Waals surface area contributed by atoms with E-state index in [2.05, 4.69) is 16.0 Å². The fourth-order valence-electron chi connectivity index (χ4n) is 4.40. The summed E-state index contributed by atoms with van der Waals surface area (Å²) in [6.07, 6.45) is 2.33. The molecular weight excluding hydrogens is 458 g/mol. The number of benzene rings is 2. The molecule has 1 aliphatic heterocycles. The molecule has 3 atom stereocenters. The van der Waals surface area contributed by atoms with Crippen LogP contribution in [0, 0.1) is 5.41 Å². The third kappa shape index (κ3) is 6.71. The fraction of sp³-hybridized carbons (Fsp3) is 0.464. The molecule has 2 fully saturated rings. The molecule has 3 N–H and O–H groups in total. The number of morpholine rings is 1. The summed E-state index contributed by atoms with van der Waals surface area (Å²) in [5.74, 6) is 0.0630. The second-order valence-electron chi connectivity index (χ2n) is 9.87. The predicted octanol–water partition coefficient (Wildman–Crippen LogP) is 1.81. The Morgan fingerprint density at radius 3 is 2.28 bits per heavy atom. The molecule has 0 bridgehead atoms. The largest absolute Gasteiger partial charge is 0.497 e. The zero-order chi connectivity index (χ0) is 25.5. The molecule has 2 amide bonds. The van der Waals surface area contributed by atoms with Crippen molar-refractivity contribution in [3.05, 3.63) is 65.7 Å². The molecule has 1 saturated carbocycles. The van der Waals surface area contributed by atoms with Crippen molar-refractivity contribution < 1.29 is 23.9 Å². The number of rotatable bonds is 11. The third-order valence-corrected chi connectivity index (χ3v) is 6.98. The van der Waals surface area contributed by atoms with E-state index in [1.165, 1.54) is 0 Å². The monoisotopic (exact) mass is 493 g/mol. The van der Waals surface area contributed by atoms with E-state index in [0.29, 0.717) is 25.3 Å². The summed E-state index contributed by atoms with van der Waals surface area (Å²) in [4.78, 5) is 39.9. The van der Waals surface area contributed by atoms with Gasteiger partial charge >= 0.3 is 0 Å². The highest BCUT2D eigenvalue weighted by atomic mass is 16.5. The Hall–Kier alpha value is -3.23. The van der Waals surface area contributed by atoms with Crippen LogP contribution < -0.4 is 20.7 Å². The van der Waals surface area contributed by atoms with E-state index in [9.17, 15) is 14.4 Å². The molecular formula is C28H35N3O5. The SMILES string of the molecule is COc1ccc(C[C@H](NC(=O)[C@H]2COCCN2)C(=O)N[C@@H](Cc2ccccc2)C(=O)C2(C)CC2)cc1. The van der Waals surface area contributed by atoms with E-state index in [1.54, 1.807) is 7.11 Å². The van der Waals surface area contributed by atoms with Crippen LogP contribution in [0.1, 0.15) is 30.9 Å². The number of carbonyl (C=O) groups excluding carboxylic acids is 3. The number of amides is 2. The Morgan fingerprint density at radius 2 is 1.67 bits per heavy atom. The highest BCUT2D eigenvalue weighted by Crippen LogP contribution is 2.46. The molecule has 2 aromatic carbocycles. The van der Waals surface area contributed by atoms with Gasteiger partial charge in [-0.3, -0.25) is 14.4 Å². The van der Waals surface area contributed by atoms with Crippen LogP contribution in [-0.2, 0) is 32.0 Å². The molecule has 0 unspecified atom stereocenters. The maximum Gasteiger partial charge on any atom is 0.243 e. The van der Waals surface area contributed by atoms with Crippen LogP contribution in [0.4, 0.5) is 0 Å². The molecule has 1 aliphatic carbocycles. The Bertz CT molecular complexity index is 1050. The Kier molecular flexibility index (Phi) is 8.38. The van der Waals surface area contributed by atoms with E-state index in [4.69, 9.17) is 9.47 Å². The zero-order valence-electron chi connectivity index (χ0n) is 20.9. The number of hydrogen-bond donors (Lipinski definition) is 3. The van der Waals surface area contributed by atoms with Crippen LogP contribution in [0.25, 0.3) is 0 Å². The Labute approximate surface area is 212 Å². The van der Waals surface area contributed by atoms with Gasteiger partial charge in [-0.1, -0.05) is 49.4 Å². The van der Waals surface area contributed by atoms with E-state index in [1.807, 2.05) is 61.5 Å². The molecule has 0 spiro atoms. The standard InChI is InChI=1S/C28H35N3O5/c1-28(12-13-28)25(32)22(16-19-6-4-3-5-7-19)30-26(33)23(17-20-8-10-21(35-2)11-9-20)31-27(34)24-18-36-15-14-29-24/h3-11,22-24,29H,12-18H2,1-2H3,(H,30,33)(H,31,34)/t22-,23-,24+/m0/s1. The number of nitrogens with one attached hydrogen (secondary N) is 3. The first-order valence-corrected chi connectivity index (χ1v) is 12.5. The maximum absolute atomic E-state index is 13.6. The summed E-state index contributed by atoms with van der Waals surface area (Å²) < 4.78 is 10.6. The van der Waals surface area contributed by atoms with Gasteiger partial charge in [0.05, 0.1) is 26.4 Å². The molecule has 0 radical (unpaired) electrons. The van der Waals surface area contributed by atoms with Crippen molar-refractivity contribution in [3.8, 4) is 5.75 Å². The van der Waals surface area contributed by atoms with Gasteiger partial charge < -0.3 is 25.4 Å². The lowest BCUT2D eigenvalue weighted by atomic mass is 9.92. The van der Waals surface area contributed by atoms with Crippen molar-refractivity contribution in [2.45, 2.75) is 50.7 Å². The van der Waals surface area contributed by atoms with E-state index in [-0.39, 0.29) is 30.6 Å². The predicted molar refractivity (Wildman–Crippen MR) is 136 cm³/mol. The normalized spacial score (nSPS) is 20.0. The van der Waals surface area contributed by atoms with Gasteiger partial charge in [0.1, 0.15) is 17.8 Å². The molecule has 1 saturated heterocycles. The molecule has 36 heavy (non-hydrogen) atoms. The van der Waals surface area contributed by atoms with E-state index >= 15 is 0 Å². The highest BCUT2D eigenvalue weighted by molar-refractivity contribution is 5.97. The minimum absolute atomic E-state index is 0.0385. The minimum atomic E-state index is -0.854. The van der Waals surface area contributed by atoms with Gasteiger partial charge in [0.25, 0.3) is 0 Å². The molecule has 8 heteroatoms. The first-order chi connectivity index (χ1) is 17.4. The molecule has 2 aliphatic rings. The van der Waals surface area contributed by atoms with Crippen LogP contribution in [0.2, 0.25) is 0 Å². The summed E-state index contributed by atoms with van der Waals surface area (Å²) in [5.41, 5.74) is 1.44. The van der Waals surface area contributed by atoms with Gasteiger partial charge in [-0.25, -0.2) is 0 Å². The molecule has 4 rings (SSSR count).